The molecule has 0 unspecified atom stereocenters. The van der Waals surface area contributed by atoms with E-state index in [1.807, 2.05) is 0 Å². The minimum atomic E-state index is -5.61. The second kappa shape index (κ2) is 9.15. The Balaban J connectivity index is -0.0000000457. The molecule has 8 nitrogen and oxygen atoms in total. The van der Waals surface area contributed by atoms with E-state index in [0.717, 1.165) is 0 Å². The Hall–Kier alpha value is 1.58. The van der Waals surface area contributed by atoms with Crippen LogP contribution < -0.4 is 33.9 Å². The standard InChI is InChI=1S/Al.H3O4P.O4Si.Zr/c;2*1-5(2,3)4;/h;(H3,1,2,3,4);;/q+3;;-4;+4/p-3. The minimum absolute atomic E-state index is 0. The molecule has 0 amide bonds. The number of hydrogen-bond acceptors (Lipinski definition) is 8. The van der Waals surface area contributed by atoms with E-state index in [0.29, 0.717) is 0 Å². The second-order valence-corrected chi connectivity index (χ2v) is 2.84. The quantitative estimate of drug-likeness (QED) is 0.312. The summed E-state index contributed by atoms with van der Waals surface area (Å²) in [6.45, 7) is 0. The van der Waals surface area contributed by atoms with Crippen LogP contribution in [0.15, 0.2) is 0 Å². The molecular weight excluding hydrogens is 305 g/mol. The molecule has 0 saturated heterocycles. The van der Waals surface area contributed by atoms with Gasteiger partial charge in [-0.05, 0) is 0 Å². The van der Waals surface area contributed by atoms with Gasteiger partial charge in [0.1, 0.15) is 0 Å². The van der Waals surface area contributed by atoms with Gasteiger partial charge in [-0.25, -0.2) is 0 Å². The summed E-state index contributed by atoms with van der Waals surface area (Å²) in [5.41, 5.74) is 0. The fourth-order valence-electron chi connectivity index (χ4n) is 0. The maximum atomic E-state index is 8.58. The SMILES string of the molecule is O=P([O-])([O-])[O-].[Al+3].[O-][Si]([O-])([O-])[O-].[Zr+4]. The van der Waals surface area contributed by atoms with Gasteiger partial charge in [0.15, 0.2) is 0 Å². The van der Waals surface area contributed by atoms with E-state index in [-0.39, 0.29) is 43.6 Å². The predicted molar refractivity (Wildman–Crippen MR) is 19.1 cm³/mol. The van der Waals surface area contributed by atoms with Crippen molar-refractivity contribution in [2.24, 2.45) is 0 Å². The zero-order valence-electron chi connectivity index (χ0n) is 5.29. The first-order valence-electron chi connectivity index (χ1n) is 1.55. The van der Waals surface area contributed by atoms with Gasteiger partial charge in [-0.15, -0.1) is 0 Å². The van der Waals surface area contributed by atoms with Crippen molar-refractivity contribution in [3.8, 4) is 0 Å². The molecular formula is AlO8PSiZr. The Morgan fingerprint density at radius 3 is 0.917 bits per heavy atom. The normalized spacial score (nSPS) is 9.92. The van der Waals surface area contributed by atoms with Crippen LogP contribution in [0.1, 0.15) is 0 Å². The van der Waals surface area contributed by atoms with Crippen molar-refractivity contribution in [2.45, 2.75) is 0 Å². The Morgan fingerprint density at radius 2 is 0.917 bits per heavy atom. The molecule has 64 valence electrons. The summed E-state index contributed by atoms with van der Waals surface area (Å²) < 4.78 is 8.55. The van der Waals surface area contributed by atoms with Gasteiger partial charge in [0.25, 0.3) is 0 Å². The molecule has 0 aliphatic rings. The summed E-state index contributed by atoms with van der Waals surface area (Å²) in [6.07, 6.45) is 0. The predicted octanol–water partition coefficient (Wildman–Crippen LogP) is -8.34. The molecule has 0 rings (SSSR count). The number of rotatable bonds is 0. The molecule has 0 aromatic carbocycles. The molecule has 0 aromatic heterocycles. The summed E-state index contributed by atoms with van der Waals surface area (Å²) in [6, 6.07) is 0. The molecule has 0 N–H and O–H groups in total. The van der Waals surface area contributed by atoms with Crippen molar-refractivity contribution in [1.29, 1.82) is 0 Å². The van der Waals surface area contributed by atoms with Gasteiger partial charge in [0.2, 0.25) is 0 Å². The molecule has 0 atom stereocenters. The maximum Gasteiger partial charge on any atom is 4.00 e. The molecule has 0 fully saturated rings. The zero-order valence-corrected chi connectivity index (χ0v) is 10.8. The Morgan fingerprint density at radius 1 is 0.917 bits per heavy atom. The molecule has 12 heteroatoms. The van der Waals surface area contributed by atoms with Gasteiger partial charge in [0, 0.05) is 0 Å². The van der Waals surface area contributed by atoms with Crippen molar-refractivity contribution in [2.75, 3.05) is 0 Å². The van der Waals surface area contributed by atoms with Crippen LogP contribution in [0, 0.1) is 0 Å². The third-order valence-corrected chi connectivity index (χ3v) is 0. The molecule has 0 aliphatic carbocycles. The van der Waals surface area contributed by atoms with Crippen LogP contribution in [0.5, 0.6) is 0 Å². The van der Waals surface area contributed by atoms with Crippen molar-refractivity contribution in [1.82, 2.24) is 0 Å². The minimum Gasteiger partial charge on any atom is -0.894 e. The van der Waals surface area contributed by atoms with Gasteiger partial charge < -0.3 is 47.5 Å². The largest absolute Gasteiger partial charge is 4.00 e. The van der Waals surface area contributed by atoms with E-state index in [1.165, 1.54) is 0 Å². The number of hydrogen-bond donors (Lipinski definition) is 0. The second-order valence-electron chi connectivity index (χ2n) is 0.947. The fourth-order valence-corrected chi connectivity index (χ4v) is 0. The van der Waals surface area contributed by atoms with Crippen LogP contribution in [0.4, 0.5) is 0 Å². The van der Waals surface area contributed by atoms with E-state index in [4.69, 9.17) is 38.4 Å². The van der Waals surface area contributed by atoms with Crippen molar-refractivity contribution in [3.63, 3.8) is 0 Å². The topological polar surface area (TPSA) is 178 Å². The monoisotopic (exact) mass is 304 g/mol. The summed E-state index contributed by atoms with van der Waals surface area (Å²) in [7, 11) is -11.0. The average Bonchev–Trinajstić information content (AvgIpc) is 1.12. The van der Waals surface area contributed by atoms with Crippen molar-refractivity contribution in [3.05, 3.63) is 0 Å². The zero-order chi connectivity index (χ0) is 9.00. The van der Waals surface area contributed by atoms with Crippen LogP contribution in [-0.4, -0.2) is 26.4 Å². The van der Waals surface area contributed by atoms with Crippen LogP contribution >= 0.6 is 7.82 Å². The van der Waals surface area contributed by atoms with Crippen molar-refractivity contribution >= 4 is 34.2 Å². The van der Waals surface area contributed by atoms with Crippen LogP contribution in [-0.2, 0) is 30.8 Å². The Kier molecular flexibility index (Phi) is 17.9. The summed E-state index contributed by atoms with van der Waals surface area (Å²) in [5.74, 6) is 0. The molecule has 0 spiro atoms. The molecule has 0 aliphatic heterocycles. The molecule has 0 saturated carbocycles. The summed E-state index contributed by atoms with van der Waals surface area (Å²) in [4.78, 5) is 60.0. The summed E-state index contributed by atoms with van der Waals surface area (Å²) in [5, 5.41) is 0. The van der Waals surface area contributed by atoms with E-state index in [1.54, 1.807) is 0 Å². The van der Waals surface area contributed by atoms with Crippen LogP contribution in [0.2, 0.25) is 0 Å². The van der Waals surface area contributed by atoms with Gasteiger partial charge in [0.05, 0.1) is 0 Å². The maximum absolute atomic E-state index is 8.58. The molecule has 0 bridgehead atoms. The van der Waals surface area contributed by atoms with E-state index >= 15 is 0 Å². The Labute approximate surface area is 98.5 Å². The van der Waals surface area contributed by atoms with Gasteiger partial charge in [-0.1, -0.05) is 0 Å². The molecule has 0 radical (unpaired) electrons. The van der Waals surface area contributed by atoms with Gasteiger partial charge in [-0.2, -0.15) is 7.82 Å². The van der Waals surface area contributed by atoms with Crippen molar-refractivity contribution < 1.29 is 64.6 Å². The average molecular weight is 305 g/mol. The fraction of sp³-hybridized carbons (Fsp3) is 0. The molecule has 0 heterocycles. The first-order valence-corrected chi connectivity index (χ1v) is 4.64. The third kappa shape index (κ3) is 518. The summed E-state index contributed by atoms with van der Waals surface area (Å²) >= 11 is 0. The molecule has 0 aromatic rings. The van der Waals surface area contributed by atoms with Gasteiger partial charge >= 0.3 is 43.6 Å². The van der Waals surface area contributed by atoms with E-state index in [9.17, 15) is 0 Å². The van der Waals surface area contributed by atoms with Crippen LogP contribution in [0.25, 0.3) is 0 Å². The van der Waals surface area contributed by atoms with E-state index in [2.05, 4.69) is 0 Å². The van der Waals surface area contributed by atoms with E-state index < -0.39 is 16.9 Å². The first kappa shape index (κ1) is 23.4. The number of phosphoric acid groups is 1. The van der Waals surface area contributed by atoms with Crippen LogP contribution in [0.3, 0.4) is 0 Å². The Bertz CT molecular complexity index is 111. The first-order chi connectivity index (χ1) is 4.00. The molecule has 12 heavy (non-hydrogen) atoms. The third-order valence-electron chi connectivity index (χ3n) is 0. The smallest absolute Gasteiger partial charge is 0.894 e. The van der Waals surface area contributed by atoms with Gasteiger partial charge in [-0.3, -0.25) is 0 Å².